The van der Waals surface area contributed by atoms with Gasteiger partial charge in [0, 0.05) is 43.7 Å². The molecule has 0 bridgehead atoms. The predicted molar refractivity (Wildman–Crippen MR) is 299 cm³/mol. The van der Waals surface area contributed by atoms with E-state index in [1.54, 1.807) is 0 Å². The van der Waals surface area contributed by atoms with Crippen LogP contribution in [0.3, 0.4) is 0 Å². The van der Waals surface area contributed by atoms with Crippen molar-refractivity contribution in [1.29, 1.82) is 0 Å². The largest absolute Gasteiger partial charge is 0.309 e. The van der Waals surface area contributed by atoms with E-state index in [9.17, 15) is 0 Å². The first-order valence-electron chi connectivity index (χ1n) is 24.2. The highest BCUT2D eigenvalue weighted by Crippen LogP contribution is 2.42. The molecule has 3 nitrogen and oxygen atoms in total. The summed E-state index contributed by atoms with van der Waals surface area (Å²) in [6.45, 7) is 0. The number of aromatic nitrogens is 3. The van der Waals surface area contributed by atoms with E-state index in [0.29, 0.717) is 0 Å². The summed E-state index contributed by atoms with van der Waals surface area (Å²) in [5.74, 6) is 0. The van der Waals surface area contributed by atoms with Crippen molar-refractivity contribution < 1.29 is 0 Å². The van der Waals surface area contributed by atoms with Crippen molar-refractivity contribution in [3.8, 4) is 28.2 Å². The van der Waals surface area contributed by atoms with E-state index in [0.717, 1.165) is 28.1 Å². The predicted octanol–water partition coefficient (Wildman–Crippen LogP) is 14.0. The van der Waals surface area contributed by atoms with Gasteiger partial charge in [-0.05, 0) is 92.5 Å². The number of benzene rings is 11. The summed E-state index contributed by atoms with van der Waals surface area (Å²) in [5, 5.41) is 12.9. The van der Waals surface area contributed by atoms with Crippen LogP contribution in [0, 0.1) is 0 Å². The summed E-state index contributed by atoms with van der Waals surface area (Å²) >= 11 is 0. The van der Waals surface area contributed by atoms with Crippen molar-refractivity contribution in [2.45, 2.75) is 0 Å². The monoisotopic (exact) mass is 907 g/mol. The molecule has 0 N–H and O–H groups in total. The van der Waals surface area contributed by atoms with Crippen LogP contribution in [-0.2, 0) is 0 Å². The van der Waals surface area contributed by atoms with Crippen molar-refractivity contribution >= 4 is 94.2 Å². The van der Waals surface area contributed by atoms with Crippen molar-refractivity contribution in [2.75, 3.05) is 0 Å². The molecule has 14 rings (SSSR count). The zero-order valence-electron chi connectivity index (χ0n) is 38.3. The van der Waals surface area contributed by atoms with E-state index < -0.39 is 8.07 Å². The second-order valence-corrected chi connectivity index (χ2v) is 22.2. The molecule has 0 unspecified atom stereocenters. The zero-order chi connectivity index (χ0) is 46.2. The van der Waals surface area contributed by atoms with Crippen molar-refractivity contribution in [3.05, 3.63) is 273 Å². The van der Waals surface area contributed by atoms with Crippen molar-refractivity contribution in [3.63, 3.8) is 0 Å². The maximum atomic E-state index is 2.52. The van der Waals surface area contributed by atoms with Gasteiger partial charge in [-0.2, -0.15) is 0 Å². The normalized spacial score (nSPS) is 12.0. The first kappa shape index (κ1) is 40.1. The van der Waals surface area contributed by atoms with Crippen LogP contribution in [0.5, 0.6) is 0 Å². The number of para-hydroxylation sites is 3. The van der Waals surface area contributed by atoms with Gasteiger partial charge in [0.2, 0.25) is 0 Å². The van der Waals surface area contributed by atoms with Crippen LogP contribution >= 0.6 is 0 Å². The molecule has 0 saturated heterocycles. The Bertz CT molecular complexity index is 4110. The van der Waals surface area contributed by atoms with Gasteiger partial charge in [-0.15, -0.1) is 0 Å². The van der Waals surface area contributed by atoms with Gasteiger partial charge in [0.05, 0.1) is 38.8 Å². The van der Waals surface area contributed by atoms with E-state index >= 15 is 0 Å². The summed E-state index contributed by atoms with van der Waals surface area (Å²) in [4.78, 5) is 0. The van der Waals surface area contributed by atoms with E-state index in [4.69, 9.17) is 0 Å². The molecule has 0 aliphatic carbocycles. The molecule has 3 heterocycles. The van der Waals surface area contributed by atoms with Crippen molar-refractivity contribution in [1.82, 2.24) is 13.7 Å². The van der Waals surface area contributed by atoms with Crippen molar-refractivity contribution in [2.24, 2.45) is 0 Å². The Labute approximate surface area is 407 Å². The Morgan fingerprint density at radius 2 is 0.657 bits per heavy atom. The average Bonchev–Trinajstić information content (AvgIpc) is 4.08. The molecule has 3 aromatic heterocycles. The Hall–Kier alpha value is -8.96. The van der Waals surface area contributed by atoms with Gasteiger partial charge in [0.25, 0.3) is 0 Å². The van der Waals surface area contributed by atoms with Crippen LogP contribution in [0.15, 0.2) is 273 Å². The number of hydrogen-bond acceptors (Lipinski definition) is 0. The summed E-state index contributed by atoms with van der Waals surface area (Å²) < 4.78 is 7.47. The third-order valence-corrected chi connectivity index (χ3v) is 19.6. The second-order valence-electron chi connectivity index (χ2n) is 18.4. The molecule has 0 fully saturated rings. The van der Waals surface area contributed by atoms with Crippen LogP contribution in [0.25, 0.3) is 93.6 Å². The molecule has 0 aliphatic rings. The molecule has 70 heavy (non-hydrogen) atoms. The van der Waals surface area contributed by atoms with Crippen LogP contribution in [0.2, 0.25) is 0 Å². The Balaban J connectivity index is 1.07. The van der Waals surface area contributed by atoms with Gasteiger partial charge in [0.15, 0.2) is 8.07 Å². The minimum Gasteiger partial charge on any atom is -0.309 e. The van der Waals surface area contributed by atoms with Gasteiger partial charge >= 0.3 is 0 Å². The summed E-state index contributed by atoms with van der Waals surface area (Å²) in [7, 11) is -2.91. The van der Waals surface area contributed by atoms with Gasteiger partial charge in [-0.1, -0.05) is 212 Å². The molecule has 0 spiro atoms. The smallest absolute Gasteiger partial charge is 0.180 e. The first-order chi connectivity index (χ1) is 34.8. The second kappa shape index (κ2) is 16.1. The SMILES string of the molecule is c1ccc(-c2ccc(-n3c4cc(-n5c6ccccc6c6c([Si](c7ccccc7)(c7ccccc7)c7ccccc7)cccc65)ccc4c4c(-n5c6ccccc6c6ccccc65)cccc43)cc2)cc1. The molecule has 328 valence electrons. The Kier molecular flexibility index (Phi) is 9.23. The molecular weight excluding hydrogens is 863 g/mol. The molecule has 0 atom stereocenters. The van der Waals surface area contributed by atoms with Gasteiger partial charge in [0.1, 0.15) is 0 Å². The molecule has 11 aromatic carbocycles. The number of fused-ring (bicyclic) bond motifs is 9. The summed E-state index contributed by atoms with van der Waals surface area (Å²) in [6.07, 6.45) is 0. The van der Waals surface area contributed by atoms with Crippen LogP contribution in [0.1, 0.15) is 0 Å². The number of rotatable bonds is 8. The fourth-order valence-corrected chi connectivity index (χ4v) is 16.9. The molecule has 4 heteroatoms. The minimum atomic E-state index is -2.91. The molecule has 14 aromatic rings. The maximum Gasteiger partial charge on any atom is 0.180 e. The first-order valence-corrected chi connectivity index (χ1v) is 26.2. The highest BCUT2D eigenvalue weighted by molar-refractivity contribution is 7.20. The van der Waals surface area contributed by atoms with Gasteiger partial charge in [-0.25, -0.2) is 0 Å². The summed E-state index contributed by atoms with van der Waals surface area (Å²) in [6, 6.07) is 101. The topological polar surface area (TPSA) is 14.8 Å². The van der Waals surface area contributed by atoms with Crippen LogP contribution < -0.4 is 20.7 Å². The van der Waals surface area contributed by atoms with E-state index in [1.165, 1.54) is 86.3 Å². The lowest BCUT2D eigenvalue weighted by molar-refractivity contribution is 1.15. The van der Waals surface area contributed by atoms with Gasteiger partial charge in [-0.3, -0.25) is 0 Å². The standard InChI is InChI=1S/C66H45N3Si/c1-5-21-46(22-6-1)47-39-41-48(42-40-47)67-60-35-19-36-61(69-57-32-16-13-29-53(57)54-30-14-17-33-58(54)69)65(60)56-44-43-49(45-63(56)67)68-59-34-18-15-31-55(59)66-62(68)37-20-38-64(66)70(50-23-7-2-8-24-50,51-25-9-3-10-26-51)52-27-11-4-12-28-52/h1-45H. The Morgan fingerprint density at radius 3 is 1.24 bits per heavy atom. The molecular formula is C66H45N3Si. The fraction of sp³-hybridized carbons (Fsp3) is 0. The summed E-state index contributed by atoms with van der Waals surface area (Å²) in [5.41, 5.74) is 12.9. The van der Waals surface area contributed by atoms with E-state index in [1.807, 2.05) is 0 Å². The third-order valence-electron chi connectivity index (χ3n) is 14.8. The van der Waals surface area contributed by atoms with E-state index in [-0.39, 0.29) is 0 Å². The zero-order valence-corrected chi connectivity index (χ0v) is 39.3. The fourth-order valence-electron chi connectivity index (χ4n) is 11.9. The molecule has 0 amide bonds. The molecule has 0 saturated carbocycles. The lowest BCUT2D eigenvalue weighted by Crippen LogP contribution is -2.74. The maximum absolute atomic E-state index is 2.91. The number of nitrogens with zero attached hydrogens (tertiary/aromatic N) is 3. The lowest BCUT2D eigenvalue weighted by Gasteiger charge is -2.35. The van der Waals surface area contributed by atoms with E-state index in [2.05, 4.69) is 287 Å². The molecule has 0 radical (unpaired) electrons. The van der Waals surface area contributed by atoms with Crippen LogP contribution in [-0.4, -0.2) is 21.8 Å². The lowest BCUT2D eigenvalue weighted by atomic mass is 10.1. The minimum absolute atomic E-state index is 1.12. The highest BCUT2D eigenvalue weighted by atomic mass is 28.3. The number of hydrogen-bond donors (Lipinski definition) is 0. The van der Waals surface area contributed by atoms with Crippen LogP contribution in [0.4, 0.5) is 0 Å². The highest BCUT2D eigenvalue weighted by Gasteiger charge is 2.43. The quantitative estimate of drug-likeness (QED) is 0.107. The average molecular weight is 908 g/mol. The van der Waals surface area contributed by atoms with Gasteiger partial charge < -0.3 is 13.7 Å². The molecule has 0 aliphatic heterocycles. The Morgan fingerprint density at radius 1 is 0.243 bits per heavy atom. The third kappa shape index (κ3) is 5.94.